The maximum atomic E-state index is 13.7. The Bertz CT molecular complexity index is 1760. The van der Waals surface area contributed by atoms with Crippen LogP contribution in [0.4, 0.5) is 10.6 Å². The van der Waals surface area contributed by atoms with Gasteiger partial charge in [0.15, 0.2) is 35.5 Å². The zero-order valence-electron chi connectivity index (χ0n) is 43.2. The smallest absolute Gasteiger partial charge is 0.332 e. The highest BCUT2D eigenvalue weighted by molar-refractivity contribution is 5.97. The second kappa shape index (κ2) is 32.4. The van der Waals surface area contributed by atoms with Crippen LogP contribution in [0.1, 0.15) is 165 Å². The first kappa shape index (κ1) is 58.0. The topological polar surface area (TPSA) is 211 Å². The van der Waals surface area contributed by atoms with Gasteiger partial charge in [-0.05, 0) is 65.7 Å². The normalized spacial score (nSPS) is 24.1. The fraction of sp³-hybridized carbons (Fsp3) is 0.840. The van der Waals surface area contributed by atoms with Gasteiger partial charge in [-0.25, -0.2) is 24.5 Å². The number of aromatic nitrogens is 4. The number of esters is 2. The summed E-state index contributed by atoms with van der Waals surface area (Å²) >= 11 is 0. The first-order valence-electron chi connectivity index (χ1n) is 26.1. The monoisotopic (exact) mass is 979 g/mol. The van der Waals surface area contributed by atoms with Crippen molar-refractivity contribution in [2.24, 2.45) is 0 Å². The largest absolute Gasteiger partial charge is 0.464 e. The number of urea groups is 1. The van der Waals surface area contributed by atoms with Crippen molar-refractivity contribution in [2.45, 2.75) is 226 Å². The van der Waals surface area contributed by atoms with Gasteiger partial charge in [0.05, 0.1) is 37.9 Å². The van der Waals surface area contributed by atoms with E-state index in [1.807, 2.05) is 20.8 Å². The number of ether oxygens (including phenoxy) is 10. The molecule has 11 atom stereocenters. The van der Waals surface area contributed by atoms with Crippen LogP contribution in [0.2, 0.25) is 0 Å². The van der Waals surface area contributed by atoms with Crippen LogP contribution < -0.4 is 10.6 Å². The van der Waals surface area contributed by atoms with E-state index < -0.39 is 60.9 Å². The fourth-order valence-electron chi connectivity index (χ4n) is 7.91. The number of amides is 2. The summed E-state index contributed by atoms with van der Waals surface area (Å²) in [6.07, 6.45) is 10.0. The lowest BCUT2D eigenvalue weighted by Crippen LogP contribution is -2.54. The number of anilines is 1. The third-order valence-electron chi connectivity index (χ3n) is 12.2. The van der Waals surface area contributed by atoms with Crippen molar-refractivity contribution in [3.05, 3.63) is 12.7 Å². The summed E-state index contributed by atoms with van der Waals surface area (Å²) in [5.74, 6) is -1.25. The molecule has 2 aromatic heterocycles. The number of nitrogens with one attached hydrogen (secondary N) is 2. The highest BCUT2D eigenvalue weighted by atomic mass is 16.7. The second-order valence-corrected chi connectivity index (χ2v) is 18.2. The van der Waals surface area contributed by atoms with Crippen molar-refractivity contribution in [1.29, 1.82) is 0 Å². The molecule has 19 nitrogen and oxygen atoms in total. The van der Waals surface area contributed by atoms with E-state index >= 15 is 0 Å². The Labute approximate surface area is 410 Å². The van der Waals surface area contributed by atoms with Gasteiger partial charge in [0, 0.05) is 45.9 Å². The Morgan fingerprint density at radius 3 is 1.96 bits per heavy atom. The zero-order valence-corrected chi connectivity index (χ0v) is 43.2. The number of unbranched alkanes of at least 4 members (excludes halogenated alkanes) is 6. The Kier molecular flexibility index (Phi) is 27.3. The number of carbonyl (C=O) groups is 3. The molecule has 2 aromatic rings. The van der Waals surface area contributed by atoms with Crippen LogP contribution >= 0.6 is 0 Å². The lowest BCUT2D eigenvalue weighted by atomic mass is 10.0. The molecule has 2 fully saturated rings. The first-order chi connectivity index (χ1) is 33.5. The molecule has 0 aliphatic carbocycles. The number of fused-ring (bicyclic) bond motifs is 1. The highest BCUT2D eigenvalue weighted by Gasteiger charge is 2.45. The number of carbonyl (C=O) groups excluding carboxylic acids is 3. The second-order valence-electron chi connectivity index (χ2n) is 18.2. The Morgan fingerprint density at radius 2 is 1.32 bits per heavy atom. The lowest BCUT2D eigenvalue weighted by Gasteiger charge is -2.42. The van der Waals surface area contributed by atoms with E-state index in [0.29, 0.717) is 57.9 Å². The molecule has 394 valence electrons. The molecule has 2 amide bonds. The number of nitrogens with zero attached hydrogens (tertiary/aromatic N) is 4. The number of hydrogen-bond acceptors (Lipinski definition) is 16. The van der Waals surface area contributed by atoms with Crippen LogP contribution in [0, 0.1) is 0 Å². The van der Waals surface area contributed by atoms with Crippen LogP contribution in [0.3, 0.4) is 0 Å². The molecule has 2 N–H and O–H groups in total. The van der Waals surface area contributed by atoms with E-state index in [1.165, 1.54) is 13.3 Å². The van der Waals surface area contributed by atoms with Crippen LogP contribution in [-0.2, 0) is 57.0 Å². The maximum absolute atomic E-state index is 13.7. The molecule has 0 saturated carbocycles. The SMILES string of the molecule is CCCCOC(=O)[C@@H](NC(=O)Nc1ncnc2c1ncn2[C@@H]1OC[C@@H](OCCCC)C(OCCCC)[C@@H]1OCCCC)[C@@H](C)OC(=O)CC[C@@H](C)O[C@@H]1OC(C)[C@H](OCCCC)C[C@@H]1OCCCC. The summed E-state index contributed by atoms with van der Waals surface area (Å²) in [7, 11) is 0. The molecule has 2 aliphatic heterocycles. The van der Waals surface area contributed by atoms with Crippen molar-refractivity contribution in [2.75, 3.05) is 51.6 Å². The molecule has 0 radical (unpaired) electrons. The molecule has 0 aromatic carbocycles. The summed E-state index contributed by atoms with van der Waals surface area (Å²) in [5.41, 5.74) is 0.658. The van der Waals surface area contributed by atoms with Crippen LogP contribution in [0.5, 0.6) is 0 Å². The summed E-state index contributed by atoms with van der Waals surface area (Å²) < 4.78 is 63.8. The Morgan fingerprint density at radius 1 is 0.739 bits per heavy atom. The van der Waals surface area contributed by atoms with Crippen LogP contribution in [0.15, 0.2) is 12.7 Å². The third-order valence-corrected chi connectivity index (χ3v) is 12.2. The van der Waals surface area contributed by atoms with E-state index in [0.717, 1.165) is 70.6 Å². The molecular weight excluding hydrogens is 893 g/mol. The van der Waals surface area contributed by atoms with Crippen molar-refractivity contribution >= 4 is 35.0 Å². The summed E-state index contributed by atoms with van der Waals surface area (Å²) in [4.78, 5) is 54.0. The van der Waals surface area contributed by atoms with E-state index in [1.54, 1.807) is 10.9 Å². The average molecular weight is 979 g/mol. The van der Waals surface area contributed by atoms with Gasteiger partial charge in [0.2, 0.25) is 0 Å². The standard InChI is InChI=1S/C50H86N6O13/c1-10-16-24-60-37-30-38(61-25-17-11-2)49(69-35(37)8)67-34(7)22-23-40(57)68-36(9)41(48(58)65-29-21-15-6)54-50(59)55-45-42-46(52-32-51-45)56(33-53-42)47-44(64-28-20-14-5)43(63-27-19-13-4)39(31-66-47)62-26-18-12-3/h32-39,41,43-44,47,49H,10-31H2,1-9H3,(H2,51,52,54,55,59)/t34-,35?,36-,37-,38+,39-,41+,43?,44+,47-,49-/m1/s1. The predicted molar refractivity (Wildman–Crippen MR) is 260 cm³/mol. The minimum atomic E-state index is -1.35. The maximum Gasteiger partial charge on any atom is 0.332 e. The number of hydrogen-bond donors (Lipinski definition) is 2. The predicted octanol–water partition coefficient (Wildman–Crippen LogP) is 8.37. The minimum Gasteiger partial charge on any atom is -0.464 e. The van der Waals surface area contributed by atoms with Gasteiger partial charge in [-0.3, -0.25) is 14.7 Å². The average Bonchev–Trinajstić information content (AvgIpc) is 3.77. The van der Waals surface area contributed by atoms with Gasteiger partial charge in [-0.2, -0.15) is 0 Å². The van der Waals surface area contributed by atoms with Gasteiger partial charge in [-0.1, -0.05) is 80.1 Å². The minimum absolute atomic E-state index is 0.0172. The molecule has 4 rings (SSSR count). The van der Waals surface area contributed by atoms with E-state index in [2.05, 4.69) is 60.2 Å². The van der Waals surface area contributed by atoms with Crippen molar-refractivity contribution in [3.8, 4) is 0 Å². The quantitative estimate of drug-likeness (QED) is 0.0498. The molecule has 0 bridgehead atoms. The van der Waals surface area contributed by atoms with Gasteiger partial charge in [-0.15, -0.1) is 0 Å². The number of rotatable bonds is 34. The molecule has 2 unspecified atom stereocenters. The van der Waals surface area contributed by atoms with E-state index in [-0.39, 0.29) is 55.4 Å². The number of imidazole rings is 1. The third kappa shape index (κ3) is 18.9. The van der Waals surface area contributed by atoms with E-state index in [4.69, 9.17) is 47.4 Å². The molecular formula is C50H86N6O13. The molecule has 2 saturated heterocycles. The first-order valence-corrected chi connectivity index (χ1v) is 26.1. The van der Waals surface area contributed by atoms with Crippen molar-refractivity contribution < 1.29 is 61.8 Å². The fourth-order valence-corrected chi connectivity index (χ4v) is 7.91. The summed E-state index contributed by atoms with van der Waals surface area (Å²) in [6, 6.07) is -2.15. The summed E-state index contributed by atoms with van der Waals surface area (Å²) in [5, 5.41) is 5.38. The Hall–Kier alpha value is -3.56. The van der Waals surface area contributed by atoms with Crippen LogP contribution in [0.25, 0.3) is 11.2 Å². The lowest BCUT2D eigenvalue weighted by molar-refractivity contribution is -0.287. The molecule has 69 heavy (non-hydrogen) atoms. The van der Waals surface area contributed by atoms with Gasteiger partial charge >= 0.3 is 18.0 Å². The van der Waals surface area contributed by atoms with Crippen molar-refractivity contribution in [3.63, 3.8) is 0 Å². The van der Waals surface area contributed by atoms with Gasteiger partial charge in [0.1, 0.15) is 36.8 Å². The molecule has 19 heteroatoms. The molecule has 2 aliphatic rings. The van der Waals surface area contributed by atoms with Gasteiger partial charge in [0.25, 0.3) is 0 Å². The van der Waals surface area contributed by atoms with Crippen molar-refractivity contribution in [1.82, 2.24) is 24.8 Å². The summed E-state index contributed by atoms with van der Waals surface area (Å²) in [6.45, 7) is 21.2. The van der Waals surface area contributed by atoms with Crippen LogP contribution in [-0.4, -0.2) is 145 Å². The highest BCUT2D eigenvalue weighted by Crippen LogP contribution is 2.34. The van der Waals surface area contributed by atoms with Gasteiger partial charge < -0.3 is 52.7 Å². The molecule has 4 heterocycles. The molecule has 0 spiro atoms. The Balaban J connectivity index is 1.43. The van der Waals surface area contributed by atoms with E-state index in [9.17, 15) is 14.4 Å². The zero-order chi connectivity index (χ0) is 50.0.